The second-order valence-corrected chi connectivity index (χ2v) is 6.09. The number of nitrogens with zero attached hydrogens (tertiary/aromatic N) is 1. The van der Waals surface area contributed by atoms with E-state index >= 15 is 0 Å². The number of halogens is 1. The van der Waals surface area contributed by atoms with Crippen molar-refractivity contribution in [2.75, 3.05) is 0 Å². The third kappa shape index (κ3) is 5.08. The van der Waals surface area contributed by atoms with Crippen molar-refractivity contribution >= 4 is 41.1 Å². The lowest BCUT2D eigenvalue weighted by atomic mass is 9.98. The van der Waals surface area contributed by atoms with Gasteiger partial charge in [-0.15, -0.1) is 0 Å². The number of carbonyl (C=O) groups excluding carboxylic acids is 1. The molecule has 9 nitrogen and oxygen atoms in total. The smallest absolute Gasteiger partial charge is 0.249 e. The molecule has 1 aliphatic heterocycles. The van der Waals surface area contributed by atoms with Crippen molar-refractivity contribution in [1.29, 1.82) is 0 Å². The van der Waals surface area contributed by atoms with Crippen molar-refractivity contribution in [3.8, 4) is 0 Å². The van der Waals surface area contributed by atoms with Gasteiger partial charge in [0.2, 0.25) is 5.91 Å². The zero-order chi connectivity index (χ0) is 18.6. The van der Waals surface area contributed by atoms with E-state index in [0.29, 0.717) is 5.02 Å². The van der Waals surface area contributed by atoms with Crippen LogP contribution in [-0.2, 0) is 9.53 Å². The van der Waals surface area contributed by atoms with E-state index in [1.54, 1.807) is 24.3 Å². The highest BCUT2D eigenvalue weighted by molar-refractivity contribution is 7.80. The fourth-order valence-electron chi connectivity index (χ4n) is 2.11. The molecule has 11 heteroatoms. The first-order chi connectivity index (χ1) is 11.8. The average molecular weight is 389 g/mol. The molecular weight excluding hydrogens is 372 g/mol. The molecular formula is C14H17ClN4O5S. The topological polar surface area (TPSA) is 149 Å². The first-order valence-corrected chi connectivity index (χ1v) is 7.92. The summed E-state index contributed by atoms with van der Waals surface area (Å²) < 4.78 is 5.15. The van der Waals surface area contributed by atoms with Crippen LogP contribution in [0.1, 0.15) is 5.56 Å². The standard InChI is InChI=1S/C14H17ClN4O5S/c15-7-3-1-6(2-4-7)5-17-19-14(25)18-13-10(22)8(20)9(21)11(24-13)12(16)23/h1-5,8-11,13,20-22H,(H2,16,23)(H2,18,19,25)/b17-5+/t8-,9-,10+,11-,13+/m0/s1. The van der Waals surface area contributed by atoms with Crippen LogP contribution in [0, 0.1) is 0 Å². The van der Waals surface area contributed by atoms with Crippen LogP contribution in [0.15, 0.2) is 29.4 Å². The predicted molar refractivity (Wildman–Crippen MR) is 93.8 cm³/mol. The maximum atomic E-state index is 11.2. The van der Waals surface area contributed by atoms with E-state index < -0.39 is 36.6 Å². The molecule has 1 heterocycles. The maximum Gasteiger partial charge on any atom is 0.249 e. The highest BCUT2D eigenvalue weighted by Crippen LogP contribution is 2.19. The van der Waals surface area contributed by atoms with Gasteiger partial charge in [0.05, 0.1) is 6.21 Å². The van der Waals surface area contributed by atoms with Gasteiger partial charge in [-0.05, 0) is 29.9 Å². The molecule has 1 saturated heterocycles. The van der Waals surface area contributed by atoms with Gasteiger partial charge in [-0.2, -0.15) is 5.10 Å². The molecule has 0 unspecified atom stereocenters. The summed E-state index contributed by atoms with van der Waals surface area (Å²) in [4.78, 5) is 11.2. The SMILES string of the molecule is NC(=O)[C@H]1O[C@@H](NC(=S)N/N=C/c2ccc(Cl)cc2)[C@H](O)[C@@H](O)[C@@H]1O. The number of thiocarbonyl (C=S) groups is 1. The zero-order valence-electron chi connectivity index (χ0n) is 12.7. The monoisotopic (exact) mass is 388 g/mol. The number of benzene rings is 1. The Hall–Kier alpha value is -1.82. The molecule has 1 aromatic carbocycles. The summed E-state index contributed by atoms with van der Waals surface area (Å²) in [5, 5.41) is 36.3. The minimum atomic E-state index is -1.64. The summed E-state index contributed by atoms with van der Waals surface area (Å²) in [5.74, 6) is -0.982. The molecule has 0 radical (unpaired) electrons. The zero-order valence-corrected chi connectivity index (χ0v) is 14.3. The molecule has 1 amide bonds. The second-order valence-electron chi connectivity index (χ2n) is 5.25. The molecule has 1 fully saturated rings. The van der Waals surface area contributed by atoms with Crippen molar-refractivity contribution in [2.45, 2.75) is 30.6 Å². The van der Waals surface area contributed by atoms with E-state index in [4.69, 9.17) is 34.3 Å². The number of hydrazone groups is 1. The summed E-state index contributed by atoms with van der Waals surface area (Å²) in [6.07, 6.45) is -6.09. The molecule has 0 aromatic heterocycles. The second kappa shape index (κ2) is 8.52. The Balaban J connectivity index is 1.92. The van der Waals surface area contributed by atoms with Gasteiger partial charge in [0.15, 0.2) is 17.4 Å². The number of aliphatic hydroxyl groups excluding tert-OH is 3. The van der Waals surface area contributed by atoms with Crippen LogP contribution in [0.5, 0.6) is 0 Å². The molecule has 136 valence electrons. The highest BCUT2D eigenvalue weighted by atomic mass is 35.5. The number of primary amides is 1. The molecule has 1 aromatic rings. The quantitative estimate of drug-likeness (QED) is 0.206. The Labute approximate surface area is 153 Å². The van der Waals surface area contributed by atoms with Crippen molar-refractivity contribution < 1.29 is 24.9 Å². The van der Waals surface area contributed by atoms with Crippen LogP contribution in [0.2, 0.25) is 5.02 Å². The summed E-state index contributed by atoms with van der Waals surface area (Å²) >= 11 is 10.8. The fraction of sp³-hybridized carbons (Fsp3) is 0.357. The minimum Gasteiger partial charge on any atom is -0.387 e. The van der Waals surface area contributed by atoms with Crippen LogP contribution in [-0.4, -0.2) is 63.2 Å². The normalized spacial score (nSPS) is 29.4. The van der Waals surface area contributed by atoms with Gasteiger partial charge in [0.1, 0.15) is 18.3 Å². The van der Waals surface area contributed by atoms with Gasteiger partial charge in [-0.1, -0.05) is 23.7 Å². The molecule has 1 aliphatic rings. The van der Waals surface area contributed by atoms with Crippen LogP contribution in [0.4, 0.5) is 0 Å². The van der Waals surface area contributed by atoms with Gasteiger partial charge in [-0.3, -0.25) is 10.2 Å². The number of amides is 1. The van der Waals surface area contributed by atoms with Crippen LogP contribution in [0.3, 0.4) is 0 Å². The number of carbonyl (C=O) groups is 1. The van der Waals surface area contributed by atoms with E-state index in [-0.39, 0.29) is 5.11 Å². The third-order valence-electron chi connectivity index (χ3n) is 3.42. The number of rotatable bonds is 4. The average Bonchev–Trinajstić information content (AvgIpc) is 2.57. The number of aliphatic hydroxyl groups is 3. The minimum absolute atomic E-state index is 0.0407. The predicted octanol–water partition coefficient (Wildman–Crippen LogP) is -1.57. The molecule has 0 bridgehead atoms. The lowest BCUT2D eigenvalue weighted by molar-refractivity contribution is -0.222. The first kappa shape index (κ1) is 19.5. The Morgan fingerprint density at radius 2 is 1.88 bits per heavy atom. The molecule has 2 rings (SSSR count). The van der Waals surface area contributed by atoms with Crippen LogP contribution >= 0.6 is 23.8 Å². The Kier molecular flexibility index (Phi) is 6.64. The maximum absolute atomic E-state index is 11.2. The number of nitrogens with two attached hydrogens (primary N) is 1. The van der Waals surface area contributed by atoms with Gasteiger partial charge in [0, 0.05) is 5.02 Å². The summed E-state index contributed by atoms with van der Waals surface area (Å²) in [5.41, 5.74) is 8.34. The number of nitrogens with one attached hydrogen (secondary N) is 2. The molecule has 25 heavy (non-hydrogen) atoms. The fourth-order valence-corrected chi connectivity index (χ4v) is 2.40. The van der Waals surface area contributed by atoms with Gasteiger partial charge < -0.3 is 31.1 Å². The van der Waals surface area contributed by atoms with Crippen molar-refractivity contribution in [2.24, 2.45) is 10.8 Å². The van der Waals surface area contributed by atoms with E-state index in [2.05, 4.69) is 15.8 Å². The summed E-state index contributed by atoms with van der Waals surface area (Å²) in [7, 11) is 0. The Morgan fingerprint density at radius 1 is 1.24 bits per heavy atom. The Morgan fingerprint density at radius 3 is 2.48 bits per heavy atom. The van der Waals surface area contributed by atoms with Crippen molar-refractivity contribution in [1.82, 2.24) is 10.7 Å². The number of ether oxygens (including phenoxy) is 1. The highest BCUT2D eigenvalue weighted by Gasteiger charge is 2.46. The molecule has 0 aliphatic carbocycles. The van der Waals surface area contributed by atoms with E-state index in [1.165, 1.54) is 6.21 Å². The number of hydrogen-bond donors (Lipinski definition) is 6. The first-order valence-electron chi connectivity index (χ1n) is 7.13. The lowest BCUT2D eigenvalue weighted by Gasteiger charge is -2.39. The molecule has 7 N–H and O–H groups in total. The summed E-state index contributed by atoms with van der Waals surface area (Å²) in [6.45, 7) is 0. The summed E-state index contributed by atoms with van der Waals surface area (Å²) in [6, 6.07) is 6.88. The lowest BCUT2D eigenvalue weighted by Crippen LogP contribution is -2.65. The van der Waals surface area contributed by atoms with Gasteiger partial charge in [-0.25, -0.2) is 0 Å². The van der Waals surface area contributed by atoms with Gasteiger partial charge >= 0.3 is 0 Å². The van der Waals surface area contributed by atoms with Crippen molar-refractivity contribution in [3.63, 3.8) is 0 Å². The van der Waals surface area contributed by atoms with Gasteiger partial charge in [0.25, 0.3) is 0 Å². The van der Waals surface area contributed by atoms with Crippen LogP contribution in [0.25, 0.3) is 0 Å². The van der Waals surface area contributed by atoms with E-state index in [1.807, 2.05) is 0 Å². The van der Waals surface area contributed by atoms with Crippen LogP contribution < -0.4 is 16.5 Å². The number of hydrogen-bond acceptors (Lipinski definition) is 7. The molecule has 5 atom stereocenters. The van der Waals surface area contributed by atoms with Crippen molar-refractivity contribution in [3.05, 3.63) is 34.9 Å². The largest absolute Gasteiger partial charge is 0.387 e. The van der Waals surface area contributed by atoms with E-state index in [9.17, 15) is 20.1 Å². The Bertz CT molecular complexity index is 659. The van der Waals surface area contributed by atoms with E-state index in [0.717, 1.165) is 5.56 Å². The third-order valence-corrected chi connectivity index (χ3v) is 3.88. The molecule has 0 spiro atoms. The molecule has 0 saturated carbocycles.